The maximum absolute atomic E-state index is 11.3. The molecule has 0 spiro atoms. The molecule has 1 aromatic heterocycles. The summed E-state index contributed by atoms with van der Waals surface area (Å²) in [6.07, 6.45) is 3.71. The average Bonchev–Trinajstić information content (AvgIpc) is 2.78. The van der Waals surface area contributed by atoms with E-state index < -0.39 is 5.97 Å². The van der Waals surface area contributed by atoms with Gasteiger partial charge in [0.2, 0.25) is 5.91 Å². The second kappa shape index (κ2) is 7.44. The average molecular weight is 255 g/mol. The van der Waals surface area contributed by atoms with E-state index in [9.17, 15) is 9.59 Å². The van der Waals surface area contributed by atoms with Crippen LogP contribution in [0, 0.1) is 0 Å². The first-order chi connectivity index (χ1) is 8.63. The summed E-state index contributed by atoms with van der Waals surface area (Å²) in [7, 11) is 0. The summed E-state index contributed by atoms with van der Waals surface area (Å²) in [6.45, 7) is 3.47. The third-order valence-electron chi connectivity index (χ3n) is 2.13. The molecule has 0 atom stereocenters. The van der Waals surface area contributed by atoms with Gasteiger partial charge >= 0.3 is 5.97 Å². The summed E-state index contributed by atoms with van der Waals surface area (Å²) in [6, 6.07) is 0. The molecule has 7 nitrogen and oxygen atoms in total. The standard InChI is InChI=1S/C11H17N3O4/c1-2-5-18-7-10(15)12-3-4-14-6-9(11(16)17)13-8-14/h6,8H,2-5,7H2,1H3,(H,12,15)(H,16,17). The third-order valence-corrected chi connectivity index (χ3v) is 2.13. The number of carboxylic acid groups (broad SMARTS) is 1. The van der Waals surface area contributed by atoms with Crippen molar-refractivity contribution in [2.75, 3.05) is 19.8 Å². The van der Waals surface area contributed by atoms with E-state index in [1.165, 1.54) is 12.5 Å². The molecule has 0 saturated carbocycles. The smallest absolute Gasteiger partial charge is 0.356 e. The van der Waals surface area contributed by atoms with Crippen LogP contribution >= 0.6 is 0 Å². The number of aromatic carboxylic acids is 1. The fraction of sp³-hybridized carbons (Fsp3) is 0.545. The minimum atomic E-state index is -1.06. The number of ether oxygens (including phenoxy) is 1. The molecule has 1 heterocycles. The van der Waals surface area contributed by atoms with Gasteiger partial charge in [-0.2, -0.15) is 0 Å². The topological polar surface area (TPSA) is 93.5 Å². The lowest BCUT2D eigenvalue weighted by Crippen LogP contribution is -2.30. The van der Waals surface area contributed by atoms with Crippen molar-refractivity contribution in [3.63, 3.8) is 0 Å². The number of carboxylic acids is 1. The molecule has 0 aliphatic rings. The number of carbonyl (C=O) groups is 2. The van der Waals surface area contributed by atoms with Crippen LogP contribution in [-0.2, 0) is 16.1 Å². The number of amides is 1. The largest absolute Gasteiger partial charge is 0.476 e. The third kappa shape index (κ3) is 4.96. The van der Waals surface area contributed by atoms with E-state index in [-0.39, 0.29) is 18.2 Å². The minimum Gasteiger partial charge on any atom is -0.476 e. The molecule has 2 N–H and O–H groups in total. The first-order valence-corrected chi connectivity index (χ1v) is 5.73. The van der Waals surface area contributed by atoms with E-state index in [2.05, 4.69) is 10.3 Å². The van der Waals surface area contributed by atoms with E-state index in [4.69, 9.17) is 9.84 Å². The molecule has 0 aromatic carbocycles. The lowest BCUT2D eigenvalue weighted by molar-refractivity contribution is -0.125. The fourth-order valence-corrected chi connectivity index (χ4v) is 1.28. The molecule has 0 fully saturated rings. The van der Waals surface area contributed by atoms with E-state index in [1.54, 1.807) is 4.57 Å². The van der Waals surface area contributed by atoms with Gasteiger partial charge in [-0.1, -0.05) is 6.92 Å². The van der Waals surface area contributed by atoms with E-state index in [0.717, 1.165) is 6.42 Å². The number of hydrogen-bond acceptors (Lipinski definition) is 4. The Kier molecular flexibility index (Phi) is 5.86. The first-order valence-electron chi connectivity index (χ1n) is 5.73. The summed E-state index contributed by atoms with van der Waals surface area (Å²) in [4.78, 5) is 25.5. The van der Waals surface area contributed by atoms with Crippen molar-refractivity contribution < 1.29 is 19.4 Å². The van der Waals surface area contributed by atoms with Crippen LogP contribution in [0.2, 0.25) is 0 Å². The Labute approximate surface area is 105 Å². The predicted molar refractivity (Wildman–Crippen MR) is 63.3 cm³/mol. The van der Waals surface area contributed by atoms with Crippen LogP contribution in [0.15, 0.2) is 12.5 Å². The minimum absolute atomic E-state index is 0.00685. The van der Waals surface area contributed by atoms with E-state index in [1.807, 2.05) is 6.92 Å². The van der Waals surface area contributed by atoms with Gasteiger partial charge in [0.25, 0.3) is 0 Å². The van der Waals surface area contributed by atoms with Crippen LogP contribution in [0.5, 0.6) is 0 Å². The molecule has 1 aromatic rings. The highest BCUT2D eigenvalue weighted by Crippen LogP contribution is 1.95. The van der Waals surface area contributed by atoms with Crippen molar-refractivity contribution in [1.29, 1.82) is 0 Å². The van der Waals surface area contributed by atoms with Crippen LogP contribution < -0.4 is 5.32 Å². The number of nitrogens with one attached hydrogen (secondary N) is 1. The number of imidazole rings is 1. The lowest BCUT2D eigenvalue weighted by Gasteiger charge is -2.05. The Morgan fingerprint density at radius 2 is 2.33 bits per heavy atom. The highest BCUT2D eigenvalue weighted by atomic mass is 16.5. The molecule has 0 saturated heterocycles. The summed E-state index contributed by atoms with van der Waals surface area (Å²) >= 11 is 0. The number of nitrogens with zero attached hydrogens (tertiary/aromatic N) is 2. The zero-order valence-electron chi connectivity index (χ0n) is 10.3. The maximum atomic E-state index is 11.3. The van der Waals surface area contributed by atoms with Crippen molar-refractivity contribution in [2.45, 2.75) is 19.9 Å². The number of rotatable bonds is 8. The van der Waals surface area contributed by atoms with E-state index in [0.29, 0.717) is 19.7 Å². The normalized spacial score (nSPS) is 10.3. The zero-order chi connectivity index (χ0) is 13.4. The second-order valence-electron chi connectivity index (χ2n) is 3.70. The van der Waals surface area contributed by atoms with Gasteiger partial charge < -0.3 is 19.7 Å². The zero-order valence-corrected chi connectivity index (χ0v) is 10.3. The molecule has 1 rings (SSSR count). The molecule has 1 amide bonds. The quantitative estimate of drug-likeness (QED) is 0.644. The van der Waals surface area contributed by atoms with Gasteiger partial charge in [-0.15, -0.1) is 0 Å². The van der Waals surface area contributed by atoms with Gasteiger partial charge in [0, 0.05) is 25.9 Å². The Hall–Kier alpha value is -1.89. The summed E-state index contributed by atoms with van der Waals surface area (Å²) in [5, 5.41) is 11.3. The molecular weight excluding hydrogens is 238 g/mol. The van der Waals surface area contributed by atoms with Gasteiger partial charge in [0.15, 0.2) is 5.69 Å². The van der Waals surface area contributed by atoms with Crippen molar-refractivity contribution in [2.24, 2.45) is 0 Å². The molecule has 7 heteroatoms. The van der Waals surface area contributed by atoms with Crippen molar-refractivity contribution in [3.8, 4) is 0 Å². The summed E-state index contributed by atoms with van der Waals surface area (Å²) < 4.78 is 6.68. The van der Waals surface area contributed by atoms with Gasteiger partial charge in [0.1, 0.15) is 6.61 Å². The highest BCUT2D eigenvalue weighted by molar-refractivity contribution is 5.84. The summed E-state index contributed by atoms with van der Waals surface area (Å²) in [5.74, 6) is -1.24. The molecule has 0 aliphatic heterocycles. The van der Waals surface area contributed by atoms with Gasteiger partial charge in [0.05, 0.1) is 6.33 Å². The Morgan fingerprint density at radius 3 is 2.94 bits per heavy atom. The van der Waals surface area contributed by atoms with Crippen molar-refractivity contribution in [1.82, 2.24) is 14.9 Å². The Balaban J connectivity index is 2.20. The van der Waals surface area contributed by atoms with Gasteiger partial charge in [-0.3, -0.25) is 4.79 Å². The number of carbonyl (C=O) groups excluding carboxylic acids is 1. The van der Waals surface area contributed by atoms with E-state index >= 15 is 0 Å². The highest BCUT2D eigenvalue weighted by Gasteiger charge is 2.06. The Morgan fingerprint density at radius 1 is 1.56 bits per heavy atom. The van der Waals surface area contributed by atoms with Crippen LogP contribution in [0.1, 0.15) is 23.8 Å². The lowest BCUT2D eigenvalue weighted by atomic mass is 10.5. The fourth-order valence-electron chi connectivity index (χ4n) is 1.28. The second-order valence-corrected chi connectivity index (χ2v) is 3.70. The monoisotopic (exact) mass is 255 g/mol. The molecule has 0 radical (unpaired) electrons. The Bertz CT molecular complexity index is 403. The SMILES string of the molecule is CCCOCC(=O)NCCn1cnc(C(=O)O)c1. The van der Waals surface area contributed by atoms with Gasteiger partial charge in [-0.05, 0) is 6.42 Å². The molecule has 0 bridgehead atoms. The molecule has 0 aliphatic carbocycles. The van der Waals surface area contributed by atoms with Crippen LogP contribution in [-0.4, -0.2) is 46.3 Å². The van der Waals surface area contributed by atoms with Gasteiger partial charge in [-0.25, -0.2) is 9.78 Å². The molecule has 100 valence electrons. The number of aromatic nitrogens is 2. The number of hydrogen-bond donors (Lipinski definition) is 2. The summed E-state index contributed by atoms with van der Waals surface area (Å²) in [5.41, 5.74) is -0.00685. The van der Waals surface area contributed by atoms with Crippen LogP contribution in [0.4, 0.5) is 0 Å². The van der Waals surface area contributed by atoms with Crippen molar-refractivity contribution >= 4 is 11.9 Å². The molecule has 0 unspecified atom stereocenters. The van der Waals surface area contributed by atoms with Crippen LogP contribution in [0.3, 0.4) is 0 Å². The first kappa shape index (κ1) is 14.2. The van der Waals surface area contributed by atoms with Crippen LogP contribution in [0.25, 0.3) is 0 Å². The maximum Gasteiger partial charge on any atom is 0.356 e. The van der Waals surface area contributed by atoms with Crippen molar-refractivity contribution in [3.05, 3.63) is 18.2 Å². The molecule has 18 heavy (non-hydrogen) atoms. The molecular formula is C11H17N3O4. The predicted octanol–water partition coefficient (Wildman–Crippen LogP) is 0.124.